The van der Waals surface area contributed by atoms with Crippen molar-refractivity contribution in [2.24, 2.45) is 0 Å². The molecule has 166 valence electrons. The van der Waals surface area contributed by atoms with Gasteiger partial charge in [-0.1, -0.05) is 44.9 Å². The van der Waals surface area contributed by atoms with Crippen LogP contribution in [0.3, 0.4) is 0 Å². The van der Waals surface area contributed by atoms with E-state index in [0.717, 1.165) is 25.7 Å². The Morgan fingerprint density at radius 3 is 1.75 bits per heavy atom. The van der Waals surface area contributed by atoms with Gasteiger partial charge in [-0.2, -0.15) is 0 Å². The molecule has 0 saturated heterocycles. The van der Waals surface area contributed by atoms with Crippen LogP contribution in [0, 0.1) is 0 Å². The first-order chi connectivity index (χ1) is 13.6. The summed E-state index contributed by atoms with van der Waals surface area (Å²) in [7, 11) is 0. The lowest BCUT2D eigenvalue weighted by Crippen LogP contribution is -2.17. The molecule has 0 aliphatic carbocycles. The lowest BCUT2D eigenvalue weighted by atomic mass is 10.1. The molecule has 0 saturated carbocycles. The normalized spacial score (nSPS) is 11.1. The van der Waals surface area contributed by atoms with Crippen LogP contribution in [0.1, 0.15) is 104 Å². The van der Waals surface area contributed by atoms with Gasteiger partial charge < -0.3 is 19.3 Å². The highest BCUT2D eigenvalue weighted by molar-refractivity contribution is 5.69. The summed E-state index contributed by atoms with van der Waals surface area (Å²) in [5.41, 5.74) is 0. The molecule has 0 radical (unpaired) electrons. The zero-order chi connectivity index (χ0) is 20.9. The van der Waals surface area contributed by atoms with Crippen molar-refractivity contribution in [3.63, 3.8) is 0 Å². The Morgan fingerprint density at radius 1 is 0.714 bits per heavy atom. The van der Waals surface area contributed by atoms with E-state index in [9.17, 15) is 9.59 Å². The summed E-state index contributed by atoms with van der Waals surface area (Å²) in [4.78, 5) is 21.8. The van der Waals surface area contributed by atoms with Crippen molar-refractivity contribution in [3.05, 3.63) is 0 Å². The maximum Gasteiger partial charge on any atom is 0.305 e. The number of rotatable bonds is 21. The Labute approximate surface area is 171 Å². The molecule has 28 heavy (non-hydrogen) atoms. The fraction of sp³-hybridized carbons (Fsp3) is 0.909. The molecule has 0 heterocycles. The van der Waals surface area contributed by atoms with Crippen LogP contribution in [-0.4, -0.2) is 43.2 Å². The SMILES string of the molecule is CCOC(CCCCCCCCCCCOC(=O)CCCCC(=O)O)OCC. The van der Waals surface area contributed by atoms with E-state index in [0.29, 0.717) is 39.1 Å². The number of esters is 1. The third kappa shape index (κ3) is 19.6. The van der Waals surface area contributed by atoms with Crippen LogP contribution >= 0.6 is 0 Å². The summed E-state index contributed by atoms with van der Waals surface area (Å²) in [5, 5.41) is 8.53. The highest BCUT2D eigenvalue weighted by atomic mass is 16.7. The third-order valence-electron chi connectivity index (χ3n) is 4.57. The van der Waals surface area contributed by atoms with Gasteiger partial charge in [-0.3, -0.25) is 9.59 Å². The molecule has 0 fully saturated rings. The fourth-order valence-corrected chi connectivity index (χ4v) is 3.04. The molecule has 0 unspecified atom stereocenters. The first-order valence-electron chi connectivity index (χ1n) is 11.2. The van der Waals surface area contributed by atoms with E-state index in [1.54, 1.807) is 0 Å². The van der Waals surface area contributed by atoms with E-state index in [-0.39, 0.29) is 18.7 Å². The average molecular weight is 403 g/mol. The predicted molar refractivity (Wildman–Crippen MR) is 110 cm³/mol. The van der Waals surface area contributed by atoms with E-state index < -0.39 is 5.97 Å². The maximum absolute atomic E-state index is 11.5. The molecule has 6 nitrogen and oxygen atoms in total. The molecule has 0 aromatic heterocycles. The van der Waals surface area contributed by atoms with E-state index in [2.05, 4.69) is 0 Å². The number of carboxylic acids is 1. The van der Waals surface area contributed by atoms with Crippen LogP contribution in [-0.2, 0) is 23.8 Å². The standard InChI is InChI=1S/C22H42O6/c1-3-26-22(27-4-2)18-12-10-8-6-5-7-9-11-15-19-28-21(25)17-14-13-16-20(23)24/h22H,3-19H2,1-2H3,(H,23,24). The van der Waals surface area contributed by atoms with Gasteiger partial charge in [0.05, 0.1) is 6.61 Å². The predicted octanol–water partition coefficient (Wildman–Crippen LogP) is 5.47. The number of carbonyl (C=O) groups is 2. The smallest absolute Gasteiger partial charge is 0.305 e. The van der Waals surface area contributed by atoms with Crippen LogP contribution in [0.15, 0.2) is 0 Å². The second kappa shape index (κ2) is 20.6. The minimum Gasteiger partial charge on any atom is -0.481 e. The first-order valence-corrected chi connectivity index (χ1v) is 11.2. The molecular formula is C22H42O6. The van der Waals surface area contributed by atoms with Crippen molar-refractivity contribution in [3.8, 4) is 0 Å². The molecule has 0 aliphatic heterocycles. The van der Waals surface area contributed by atoms with Crippen molar-refractivity contribution in [2.45, 2.75) is 110 Å². The zero-order valence-electron chi connectivity index (χ0n) is 18.1. The molecule has 0 rings (SSSR count). The zero-order valence-corrected chi connectivity index (χ0v) is 18.1. The Balaban J connectivity index is 3.29. The van der Waals surface area contributed by atoms with Gasteiger partial charge in [0.2, 0.25) is 0 Å². The maximum atomic E-state index is 11.5. The van der Waals surface area contributed by atoms with Crippen molar-refractivity contribution in [2.75, 3.05) is 19.8 Å². The van der Waals surface area contributed by atoms with E-state index in [4.69, 9.17) is 19.3 Å². The van der Waals surface area contributed by atoms with Crippen LogP contribution in [0.4, 0.5) is 0 Å². The van der Waals surface area contributed by atoms with Crippen molar-refractivity contribution in [1.82, 2.24) is 0 Å². The van der Waals surface area contributed by atoms with Crippen LogP contribution in [0.2, 0.25) is 0 Å². The Hall–Kier alpha value is -1.14. The molecule has 6 heteroatoms. The number of hydrogen-bond acceptors (Lipinski definition) is 5. The summed E-state index contributed by atoms with van der Waals surface area (Å²) in [6.45, 7) is 5.90. The van der Waals surface area contributed by atoms with Crippen molar-refractivity contribution >= 4 is 11.9 Å². The van der Waals surface area contributed by atoms with E-state index in [1.165, 1.54) is 38.5 Å². The van der Waals surface area contributed by atoms with Crippen molar-refractivity contribution in [1.29, 1.82) is 0 Å². The van der Waals surface area contributed by atoms with Gasteiger partial charge in [-0.05, 0) is 46.0 Å². The number of hydrogen-bond donors (Lipinski definition) is 1. The first kappa shape index (κ1) is 26.9. The van der Waals surface area contributed by atoms with Crippen LogP contribution in [0.5, 0.6) is 0 Å². The number of ether oxygens (including phenoxy) is 3. The lowest BCUT2D eigenvalue weighted by Gasteiger charge is -2.16. The molecule has 0 aromatic carbocycles. The van der Waals surface area contributed by atoms with E-state index in [1.807, 2.05) is 13.8 Å². The minimum absolute atomic E-state index is 0.0335. The largest absolute Gasteiger partial charge is 0.481 e. The Kier molecular flexibility index (Phi) is 19.8. The van der Waals surface area contributed by atoms with Gasteiger partial charge in [0.25, 0.3) is 0 Å². The number of carbonyl (C=O) groups excluding carboxylic acids is 1. The van der Waals surface area contributed by atoms with Gasteiger partial charge >= 0.3 is 11.9 Å². The van der Waals surface area contributed by atoms with Gasteiger partial charge in [-0.25, -0.2) is 0 Å². The van der Waals surface area contributed by atoms with E-state index >= 15 is 0 Å². The second-order valence-corrected chi connectivity index (χ2v) is 7.13. The molecule has 0 aromatic rings. The van der Waals surface area contributed by atoms with Gasteiger partial charge in [0.15, 0.2) is 6.29 Å². The number of carboxylic acid groups (broad SMARTS) is 1. The minimum atomic E-state index is -0.815. The molecule has 0 bridgehead atoms. The summed E-state index contributed by atoms with van der Waals surface area (Å²) >= 11 is 0. The van der Waals surface area contributed by atoms with Gasteiger partial charge in [0.1, 0.15) is 0 Å². The third-order valence-corrected chi connectivity index (χ3v) is 4.57. The molecule has 0 spiro atoms. The monoisotopic (exact) mass is 402 g/mol. The average Bonchev–Trinajstić information content (AvgIpc) is 2.66. The van der Waals surface area contributed by atoms with Crippen molar-refractivity contribution < 1.29 is 28.9 Å². The number of unbranched alkanes of at least 4 members (excludes halogenated alkanes) is 9. The highest BCUT2D eigenvalue weighted by Crippen LogP contribution is 2.13. The Morgan fingerprint density at radius 2 is 1.21 bits per heavy atom. The van der Waals surface area contributed by atoms with Crippen LogP contribution in [0.25, 0.3) is 0 Å². The molecule has 0 aliphatic rings. The topological polar surface area (TPSA) is 82.1 Å². The van der Waals surface area contributed by atoms with Gasteiger partial charge in [-0.15, -0.1) is 0 Å². The molecule has 0 atom stereocenters. The molecule has 0 amide bonds. The summed E-state index contributed by atoms with van der Waals surface area (Å²) in [6.07, 6.45) is 13.2. The fourth-order valence-electron chi connectivity index (χ4n) is 3.04. The lowest BCUT2D eigenvalue weighted by molar-refractivity contribution is -0.144. The number of aliphatic carboxylic acids is 1. The Bertz CT molecular complexity index is 366. The van der Waals surface area contributed by atoms with Crippen LogP contribution < -0.4 is 0 Å². The molecule has 1 N–H and O–H groups in total. The summed E-state index contributed by atoms with van der Waals surface area (Å²) in [5.74, 6) is -1.02. The van der Waals surface area contributed by atoms with Gasteiger partial charge in [0, 0.05) is 26.1 Å². The summed E-state index contributed by atoms with van der Waals surface area (Å²) < 4.78 is 16.3. The quantitative estimate of drug-likeness (QED) is 0.156. The second-order valence-electron chi connectivity index (χ2n) is 7.13. The summed E-state index contributed by atoms with van der Waals surface area (Å²) in [6, 6.07) is 0. The highest BCUT2D eigenvalue weighted by Gasteiger charge is 2.07. The molecular weight excluding hydrogens is 360 g/mol.